The van der Waals surface area contributed by atoms with E-state index in [4.69, 9.17) is 11.1 Å². The van der Waals surface area contributed by atoms with Crippen LogP contribution in [0.4, 0.5) is 20.4 Å². The fraction of sp³-hybridized carbons (Fsp3) is 0.300. The summed E-state index contributed by atoms with van der Waals surface area (Å²) in [5.41, 5.74) is 5.29. The monoisotopic (exact) mass is 430 g/mol. The molecule has 0 fully saturated rings. The quantitative estimate of drug-likeness (QED) is 0.313. The predicted octanol–water partition coefficient (Wildman–Crippen LogP) is 1.99. The summed E-state index contributed by atoms with van der Waals surface area (Å²) in [7, 11) is 0. The zero-order valence-corrected chi connectivity index (χ0v) is 17.2. The number of halogens is 2. The molecular formula is C20H22F2N7O2+. The lowest BCUT2D eigenvalue weighted by molar-refractivity contribution is -0.597. The van der Waals surface area contributed by atoms with Gasteiger partial charge in [-0.3, -0.25) is 9.59 Å². The van der Waals surface area contributed by atoms with Crippen molar-refractivity contribution in [1.29, 1.82) is 5.41 Å². The summed E-state index contributed by atoms with van der Waals surface area (Å²) >= 11 is 0. The topological polar surface area (TPSA) is 131 Å². The Morgan fingerprint density at radius 3 is 2.65 bits per heavy atom. The summed E-state index contributed by atoms with van der Waals surface area (Å²) in [5.74, 6) is -3.47. The molecule has 31 heavy (non-hydrogen) atoms. The molecule has 1 aromatic carbocycles. The lowest BCUT2D eigenvalue weighted by atomic mass is 9.99. The molecule has 0 saturated heterocycles. The number of rotatable bonds is 6. The van der Waals surface area contributed by atoms with E-state index in [0.29, 0.717) is 11.1 Å². The van der Waals surface area contributed by atoms with Gasteiger partial charge in [-0.2, -0.15) is 10.5 Å². The second-order valence-electron chi connectivity index (χ2n) is 7.42. The molecule has 162 valence electrons. The van der Waals surface area contributed by atoms with Gasteiger partial charge in [0.15, 0.2) is 5.82 Å². The van der Waals surface area contributed by atoms with Gasteiger partial charge in [-0.15, -0.1) is 4.68 Å². The first-order chi connectivity index (χ1) is 14.5. The number of nitrogens with one attached hydrogen (secondary N) is 2. The van der Waals surface area contributed by atoms with E-state index < -0.39 is 23.9 Å². The molecule has 0 bridgehead atoms. The molecule has 0 radical (unpaired) electrons. The van der Waals surface area contributed by atoms with Crippen LogP contribution in [0.15, 0.2) is 35.1 Å². The maximum Gasteiger partial charge on any atom is 0.275 e. The third-order valence-electron chi connectivity index (χ3n) is 4.62. The number of aromatic nitrogens is 4. The van der Waals surface area contributed by atoms with Gasteiger partial charge in [0.25, 0.3) is 11.5 Å². The molecule has 3 aromatic rings. The van der Waals surface area contributed by atoms with Crippen molar-refractivity contribution in [3.63, 3.8) is 0 Å². The van der Waals surface area contributed by atoms with Crippen LogP contribution in [0.1, 0.15) is 37.9 Å². The third kappa shape index (κ3) is 4.55. The van der Waals surface area contributed by atoms with Crippen LogP contribution < -0.4 is 21.3 Å². The normalized spacial score (nSPS) is 11.7. The number of carbonyl (C=O) groups is 1. The van der Waals surface area contributed by atoms with Crippen molar-refractivity contribution in [2.24, 2.45) is 0 Å². The van der Waals surface area contributed by atoms with Crippen LogP contribution in [0, 0.1) is 5.41 Å². The van der Waals surface area contributed by atoms with Crippen molar-refractivity contribution in [3.05, 3.63) is 51.9 Å². The first kappa shape index (κ1) is 21.9. The average Bonchev–Trinajstić information content (AvgIpc) is 2.70. The minimum Gasteiger partial charge on any atom is -0.317 e. The number of amides is 1. The zero-order chi connectivity index (χ0) is 22.9. The first-order valence-electron chi connectivity index (χ1n) is 9.43. The molecule has 0 aliphatic rings. The van der Waals surface area contributed by atoms with Gasteiger partial charge in [-0.25, -0.2) is 13.5 Å². The number of fused-ring (bicyclic) bond motifs is 1. The Morgan fingerprint density at radius 2 is 2.03 bits per heavy atom. The predicted molar refractivity (Wildman–Crippen MR) is 111 cm³/mol. The fourth-order valence-electron chi connectivity index (χ4n) is 3.05. The largest absolute Gasteiger partial charge is 0.317 e. The van der Waals surface area contributed by atoms with Crippen LogP contribution in [0.25, 0.3) is 10.8 Å². The highest BCUT2D eigenvalue weighted by molar-refractivity contribution is 5.90. The SMILES string of the molecule is CC(C)c1nn(CC(=O)Nc2ccc(N)[n+](C=N)n2)c(=O)c2ccc(C(C)(F)F)cc12. The number of nitrogens with two attached hydrogens (primary N) is 1. The molecule has 0 aliphatic heterocycles. The third-order valence-corrected chi connectivity index (χ3v) is 4.62. The van der Waals surface area contributed by atoms with Crippen LogP contribution in [-0.4, -0.2) is 27.1 Å². The Balaban J connectivity index is 1.99. The maximum absolute atomic E-state index is 13.8. The molecule has 0 unspecified atom stereocenters. The van der Waals surface area contributed by atoms with Crippen molar-refractivity contribution in [2.45, 2.75) is 39.2 Å². The molecule has 2 aromatic heterocycles. The second kappa shape index (κ2) is 8.17. The van der Waals surface area contributed by atoms with Gasteiger partial charge in [0.1, 0.15) is 6.54 Å². The van der Waals surface area contributed by atoms with Gasteiger partial charge in [-0.1, -0.05) is 25.0 Å². The van der Waals surface area contributed by atoms with Gasteiger partial charge < -0.3 is 11.1 Å². The van der Waals surface area contributed by atoms with E-state index in [-0.39, 0.29) is 28.5 Å². The average molecular weight is 430 g/mol. The van der Waals surface area contributed by atoms with Crippen molar-refractivity contribution >= 4 is 34.7 Å². The van der Waals surface area contributed by atoms with Crippen LogP contribution >= 0.6 is 0 Å². The summed E-state index contributed by atoms with van der Waals surface area (Å²) < 4.78 is 29.6. The summed E-state index contributed by atoms with van der Waals surface area (Å²) in [4.78, 5) is 25.3. The van der Waals surface area contributed by atoms with Crippen LogP contribution in [-0.2, 0) is 17.3 Å². The van der Waals surface area contributed by atoms with Crippen LogP contribution in [0.2, 0.25) is 0 Å². The Hall–Kier alpha value is -3.76. The molecule has 0 saturated carbocycles. The Bertz CT molecular complexity index is 1230. The number of benzene rings is 1. The molecule has 9 nitrogen and oxygen atoms in total. The maximum atomic E-state index is 13.8. The molecule has 0 aliphatic carbocycles. The van der Waals surface area contributed by atoms with E-state index in [1.54, 1.807) is 0 Å². The highest BCUT2D eigenvalue weighted by Gasteiger charge is 2.26. The van der Waals surface area contributed by atoms with E-state index in [2.05, 4.69) is 15.5 Å². The molecule has 11 heteroatoms. The number of nitrogen functional groups attached to an aromatic ring is 1. The smallest absolute Gasteiger partial charge is 0.275 e. The van der Waals surface area contributed by atoms with Gasteiger partial charge in [-0.05, 0) is 24.1 Å². The standard InChI is InChI=1S/C20H21F2N7O2/c1-11(2)18-14-8-12(20(3,21)22)4-5-13(14)19(31)28(27-18)9-17(30)25-16-7-6-15(24)29(10-23)26-16/h4-8,10-11,23-24H,9H2,1-3H3,(H,25,26,30)/p+1. The summed E-state index contributed by atoms with van der Waals surface area (Å²) in [6.07, 6.45) is 0.878. The van der Waals surface area contributed by atoms with Gasteiger partial charge in [0.2, 0.25) is 18.1 Å². The highest BCUT2D eigenvalue weighted by Crippen LogP contribution is 2.31. The minimum absolute atomic E-state index is 0.135. The molecule has 1 amide bonds. The number of anilines is 2. The van der Waals surface area contributed by atoms with E-state index in [9.17, 15) is 18.4 Å². The molecule has 4 N–H and O–H groups in total. The number of carbonyl (C=O) groups excluding carboxylic acids is 1. The van der Waals surface area contributed by atoms with Crippen molar-refractivity contribution < 1.29 is 18.3 Å². The van der Waals surface area contributed by atoms with E-state index in [1.807, 2.05) is 13.8 Å². The first-order valence-corrected chi connectivity index (χ1v) is 9.43. The van der Waals surface area contributed by atoms with Gasteiger partial charge in [0, 0.05) is 23.9 Å². The second-order valence-corrected chi connectivity index (χ2v) is 7.42. The molecule has 2 heterocycles. The Morgan fingerprint density at radius 1 is 1.32 bits per heavy atom. The molecule has 3 rings (SSSR count). The number of hydrogen-bond donors (Lipinski definition) is 3. The fourth-order valence-corrected chi connectivity index (χ4v) is 3.05. The lowest BCUT2D eigenvalue weighted by Crippen LogP contribution is -2.41. The van der Waals surface area contributed by atoms with Crippen molar-refractivity contribution in [1.82, 2.24) is 14.9 Å². The molecular weight excluding hydrogens is 408 g/mol. The summed E-state index contributed by atoms with van der Waals surface area (Å²) in [6.45, 7) is 4.02. The molecule has 0 atom stereocenters. The Kier molecular flexibility index (Phi) is 5.78. The van der Waals surface area contributed by atoms with E-state index in [0.717, 1.165) is 22.6 Å². The number of nitrogens with zero attached hydrogens (tertiary/aromatic N) is 4. The minimum atomic E-state index is -3.06. The Labute approximate surface area is 176 Å². The van der Waals surface area contributed by atoms with Gasteiger partial charge >= 0.3 is 0 Å². The zero-order valence-electron chi connectivity index (χ0n) is 17.2. The van der Waals surface area contributed by atoms with E-state index in [1.165, 1.54) is 30.3 Å². The van der Waals surface area contributed by atoms with Crippen molar-refractivity contribution in [3.8, 4) is 0 Å². The summed E-state index contributed by atoms with van der Waals surface area (Å²) in [5, 5.41) is 18.5. The van der Waals surface area contributed by atoms with Gasteiger partial charge in [0.05, 0.1) is 11.1 Å². The number of hydrogen-bond acceptors (Lipinski definition) is 6. The van der Waals surface area contributed by atoms with Crippen molar-refractivity contribution in [2.75, 3.05) is 11.1 Å². The van der Waals surface area contributed by atoms with Crippen LogP contribution in [0.5, 0.6) is 0 Å². The number of alkyl halides is 2. The summed E-state index contributed by atoms with van der Waals surface area (Å²) in [6, 6.07) is 6.73. The van der Waals surface area contributed by atoms with Crippen LogP contribution in [0.3, 0.4) is 0 Å². The molecule has 0 spiro atoms. The lowest BCUT2D eigenvalue weighted by Gasteiger charge is -2.16. The van der Waals surface area contributed by atoms with E-state index >= 15 is 0 Å². The highest BCUT2D eigenvalue weighted by atomic mass is 19.3.